The molecule has 4 heteroatoms. The lowest BCUT2D eigenvalue weighted by Gasteiger charge is -2.10. The van der Waals surface area contributed by atoms with Gasteiger partial charge in [-0.25, -0.2) is 0 Å². The fourth-order valence-corrected chi connectivity index (χ4v) is 1.79. The predicted molar refractivity (Wildman–Crippen MR) is 73.1 cm³/mol. The number of aliphatic hydroxyl groups is 1. The average molecular weight is 264 g/mol. The molecule has 1 heterocycles. The number of benzene rings is 1. The summed E-state index contributed by atoms with van der Waals surface area (Å²) < 4.78 is 16.3. The zero-order valence-electron chi connectivity index (χ0n) is 11.3. The maximum atomic E-state index is 9.97. The summed E-state index contributed by atoms with van der Waals surface area (Å²) in [4.78, 5) is 0. The molecule has 0 saturated carbocycles. The van der Waals surface area contributed by atoms with Crippen molar-refractivity contribution in [3.05, 3.63) is 36.1 Å². The Morgan fingerprint density at radius 1 is 1.21 bits per heavy atom. The van der Waals surface area contributed by atoms with Crippen molar-refractivity contribution in [2.45, 2.75) is 26.1 Å². The van der Waals surface area contributed by atoms with Crippen molar-refractivity contribution in [2.75, 3.05) is 19.8 Å². The summed E-state index contributed by atoms with van der Waals surface area (Å²) >= 11 is 0. The van der Waals surface area contributed by atoms with Gasteiger partial charge in [-0.15, -0.1) is 0 Å². The minimum absolute atomic E-state index is 0.198. The van der Waals surface area contributed by atoms with Gasteiger partial charge in [0.05, 0.1) is 25.9 Å². The molecular formula is C15H20O4. The lowest BCUT2D eigenvalue weighted by Crippen LogP contribution is -2.13. The first-order chi connectivity index (χ1) is 9.16. The number of aliphatic hydroxyl groups excluding tert-OH is 1. The Kier molecular flexibility index (Phi) is 4.96. The van der Waals surface area contributed by atoms with E-state index in [1.165, 1.54) is 0 Å². The van der Waals surface area contributed by atoms with Gasteiger partial charge in [-0.05, 0) is 26.0 Å². The van der Waals surface area contributed by atoms with Crippen LogP contribution in [0.5, 0.6) is 0 Å². The molecule has 0 fully saturated rings. The summed E-state index contributed by atoms with van der Waals surface area (Å²) in [6.45, 7) is 5.16. The van der Waals surface area contributed by atoms with E-state index in [4.69, 9.17) is 13.9 Å². The van der Waals surface area contributed by atoms with Crippen molar-refractivity contribution in [1.82, 2.24) is 0 Å². The SMILES string of the molecule is CC(C)OCCOCC(O)c1cc2ccccc2o1. The number of hydrogen-bond donors (Lipinski definition) is 1. The van der Waals surface area contributed by atoms with Crippen LogP contribution < -0.4 is 0 Å². The maximum Gasteiger partial charge on any atom is 0.136 e. The monoisotopic (exact) mass is 264 g/mol. The Labute approximate surface area is 112 Å². The lowest BCUT2D eigenvalue weighted by molar-refractivity contribution is -0.0156. The molecule has 2 aromatic rings. The van der Waals surface area contributed by atoms with E-state index >= 15 is 0 Å². The van der Waals surface area contributed by atoms with E-state index in [1.54, 1.807) is 0 Å². The highest BCUT2D eigenvalue weighted by Crippen LogP contribution is 2.23. The van der Waals surface area contributed by atoms with Gasteiger partial charge >= 0.3 is 0 Å². The molecule has 0 aliphatic heterocycles. The Morgan fingerprint density at radius 3 is 2.74 bits per heavy atom. The highest BCUT2D eigenvalue weighted by molar-refractivity contribution is 5.77. The Morgan fingerprint density at radius 2 is 2.00 bits per heavy atom. The van der Waals surface area contributed by atoms with Crippen molar-refractivity contribution in [2.24, 2.45) is 0 Å². The molecule has 0 spiro atoms. The Balaban J connectivity index is 1.81. The van der Waals surface area contributed by atoms with E-state index in [2.05, 4.69) is 0 Å². The lowest BCUT2D eigenvalue weighted by atomic mass is 10.2. The van der Waals surface area contributed by atoms with Crippen LogP contribution in [-0.2, 0) is 9.47 Å². The normalized spacial score (nSPS) is 13.3. The topological polar surface area (TPSA) is 51.8 Å². The third kappa shape index (κ3) is 4.06. The number of ether oxygens (including phenoxy) is 2. The minimum Gasteiger partial charge on any atom is -0.458 e. The standard InChI is InChI=1S/C15H20O4/c1-11(2)18-8-7-17-10-13(16)15-9-12-5-3-4-6-14(12)19-15/h3-6,9,11,13,16H,7-8,10H2,1-2H3. The molecule has 0 saturated heterocycles. The van der Waals surface area contributed by atoms with Crippen molar-refractivity contribution in [3.63, 3.8) is 0 Å². The molecule has 0 aliphatic rings. The van der Waals surface area contributed by atoms with E-state index in [9.17, 15) is 5.11 Å². The second kappa shape index (κ2) is 6.70. The van der Waals surface area contributed by atoms with Crippen LogP contribution in [0.15, 0.2) is 34.7 Å². The first-order valence-electron chi connectivity index (χ1n) is 6.52. The van der Waals surface area contributed by atoms with Crippen molar-refractivity contribution < 1.29 is 19.0 Å². The van der Waals surface area contributed by atoms with Gasteiger partial charge in [0.25, 0.3) is 0 Å². The van der Waals surface area contributed by atoms with E-state index < -0.39 is 6.10 Å². The molecule has 104 valence electrons. The summed E-state index contributed by atoms with van der Waals surface area (Å²) in [5.41, 5.74) is 0.777. The van der Waals surface area contributed by atoms with Crippen LogP contribution in [-0.4, -0.2) is 31.0 Å². The fraction of sp³-hybridized carbons (Fsp3) is 0.467. The van der Waals surface area contributed by atoms with Crippen LogP contribution in [0.3, 0.4) is 0 Å². The van der Waals surface area contributed by atoms with Gasteiger partial charge in [-0.1, -0.05) is 18.2 Å². The highest BCUT2D eigenvalue weighted by Gasteiger charge is 2.13. The van der Waals surface area contributed by atoms with Crippen molar-refractivity contribution in [3.8, 4) is 0 Å². The maximum absolute atomic E-state index is 9.97. The summed E-state index contributed by atoms with van der Waals surface area (Å²) in [5.74, 6) is 0.533. The van der Waals surface area contributed by atoms with Gasteiger partial charge in [0.15, 0.2) is 0 Å². The zero-order chi connectivity index (χ0) is 13.7. The molecule has 1 aromatic carbocycles. The summed E-state index contributed by atoms with van der Waals surface area (Å²) in [6, 6.07) is 9.51. The molecule has 19 heavy (non-hydrogen) atoms. The van der Waals surface area contributed by atoms with Gasteiger partial charge in [0.1, 0.15) is 17.4 Å². The van der Waals surface area contributed by atoms with Gasteiger partial charge < -0.3 is 19.0 Å². The van der Waals surface area contributed by atoms with E-state index in [1.807, 2.05) is 44.2 Å². The van der Waals surface area contributed by atoms with Gasteiger partial charge in [-0.3, -0.25) is 0 Å². The van der Waals surface area contributed by atoms with Crippen LogP contribution in [0, 0.1) is 0 Å². The summed E-state index contributed by atoms with van der Waals surface area (Å²) in [7, 11) is 0. The van der Waals surface area contributed by atoms with Gasteiger partial charge in [0.2, 0.25) is 0 Å². The number of hydrogen-bond acceptors (Lipinski definition) is 4. The van der Waals surface area contributed by atoms with Crippen LogP contribution in [0.2, 0.25) is 0 Å². The second-order valence-corrected chi connectivity index (χ2v) is 4.70. The first-order valence-corrected chi connectivity index (χ1v) is 6.52. The molecule has 1 N–H and O–H groups in total. The van der Waals surface area contributed by atoms with Crippen LogP contribution in [0.1, 0.15) is 25.7 Å². The molecular weight excluding hydrogens is 244 g/mol. The van der Waals surface area contributed by atoms with Crippen LogP contribution in [0.4, 0.5) is 0 Å². The summed E-state index contributed by atoms with van der Waals surface area (Å²) in [6.07, 6.45) is -0.546. The molecule has 1 unspecified atom stereocenters. The smallest absolute Gasteiger partial charge is 0.136 e. The van der Waals surface area contributed by atoms with E-state index in [0.29, 0.717) is 19.0 Å². The number of para-hydroxylation sites is 1. The second-order valence-electron chi connectivity index (χ2n) is 4.70. The van der Waals surface area contributed by atoms with Gasteiger partial charge in [0, 0.05) is 5.39 Å². The van der Waals surface area contributed by atoms with Crippen LogP contribution in [0.25, 0.3) is 11.0 Å². The molecule has 0 bridgehead atoms. The molecule has 2 rings (SSSR count). The van der Waals surface area contributed by atoms with Crippen molar-refractivity contribution in [1.29, 1.82) is 0 Å². The molecule has 0 amide bonds. The Hall–Kier alpha value is -1.36. The zero-order valence-corrected chi connectivity index (χ0v) is 11.3. The Bertz CT molecular complexity index is 471. The molecule has 0 aliphatic carbocycles. The molecule has 1 atom stereocenters. The average Bonchev–Trinajstić information content (AvgIpc) is 2.81. The molecule has 0 radical (unpaired) electrons. The molecule has 4 nitrogen and oxygen atoms in total. The predicted octanol–water partition coefficient (Wildman–Crippen LogP) is 2.91. The fourth-order valence-electron chi connectivity index (χ4n) is 1.79. The summed E-state index contributed by atoms with van der Waals surface area (Å²) in [5, 5.41) is 11.0. The third-order valence-corrected chi connectivity index (χ3v) is 2.73. The van der Waals surface area contributed by atoms with Gasteiger partial charge in [-0.2, -0.15) is 0 Å². The number of fused-ring (bicyclic) bond motifs is 1. The van der Waals surface area contributed by atoms with Crippen molar-refractivity contribution >= 4 is 11.0 Å². The highest BCUT2D eigenvalue weighted by atomic mass is 16.5. The van der Waals surface area contributed by atoms with Crippen LogP contribution >= 0.6 is 0 Å². The largest absolute Gasteiger partial charge is 0.458 e. The molecule has 1 aromatic heterocycles. The number of furan rings is 1. The minimum atomic E-state index is -0.744. The van der Waals surface area contributed by atoms with E-state index in [-0.39, 0.29) is 12.7 Å². The van der Waals surface area contributed by atoms with E-state index in [0.717, 1.165) is 11.0 Å². The first kappa shape index (κ1) is 14.1. The quantitative estimate of drug-likeness (QED) is 0.781. The third-order valence-electron chi connectivity index (χ3n) is 2.73. The number of rotatable bonds is 7.